The van der Waals surface area contributed by atoms with Gasteiger partial charge in [-0.3, -0.25) is 4.90 Å². The minimum Gasteiger partial charge on any atom is -0.379 e. The molecule has 5 nitrogen and oxygen atoms in total. The first-order valence-corrected chi connectivity index (χ1v) is 9.55. The molecule has 0 spiro atoms. The van der Waals surface area contributed by atoms with Crippen LogP contribution in [0.15, 0.2) is 42.7 Å². The summed E-state index contributed by atoms with van der Waals surface area (Å²) in [4.78, 5) is 12.6. The van der Waals surface area contributed by atoms with Crippen LogP contribution in [0.3, 0.4) is 0 Å². The van der Waals surface area contributed by atoms with Gasteiger partial charge in [-0.1, -0.05) is 18.2 Å². The van der Waals surface area contributed by atoms with E-state index >= 15 is 0 Å². The van der Waals surface area contributed by atoms with E-state index in [4.69, 9.17) is 4.74 Å². The third-order valence-electron chi connectivity index (χ3n) is 4.40. The van der Waals surface area contributed by atoms with Gasteiger partial charge in [0.1, 0.15) is 0 Å². The molecule has 1 aliphatic rings. The van der Waals surface area contributed by atoms with Crippen LogP contribution < -0.4 is 5.32 Å². The van der Waals surface area contributed by atoms with Crippen LogP contribution in [0.25, 0.3) is 20.5 Å². The van der Waals surface area contributed by atoms with E-state index < -0.39 is 0 Å². The Balaban J connectivity index is 1.30. The molecule has 6 heteroatoms. The van der Waals surface area contributed by atoms with E-state index in [9.17, 15) is 0 Å². The smallest absolute Gasteiger partial charge is 0.222 e. The van der Waals surface area contributed by atoms with E-state index in [2.05, 4.69) is 50.5 Å². The fraction of sp³-hybridized carbons (Fsp3) is 0.368. The third-order valence-corrected chi connectivity index (χ3v) is 5.56. The Morgan fingerprint density at radius 1 is 1.12 bits per heavy atom. The van der Waals surface area contributed by atoms with Gasteiger partial charge in [-0.05, 0) is 30.5 Å². The van der Waals surface area contributed by atoms with Gasteiger partial charge in [-0.15, -0.1) is 11.3 Å². The molecule has 0 amide bonds. The largest absolute Gasteiger partial charge is 0.379 e. The molecule has 1 aromatic carbocycles. The van der Waals surface area contributed by atoms with Crippen molar-refractivity contribution in [2.75, 3.05) is 44.7 Å². The van der Waals surface area contributed by atoms with Crippen molar-refractivity contribution in [3.8, 4) is 10.4 Å². The van der Waals surface area contributed by atoms with Crippen LogP contribution in [0.2, 0.25) is 0 Å². The summed E-state index contributed by atoms with van der Waals surface area (Å²) in [7, 11) is 0. The van der Waals surface area contributed by atoms with Crippen LogP contribution >= 0.6 is 11.3 Å². The molecule has 1 N–H and O–H groups in total. The molecule has 0 unspecified atom stereocenters. The molecular formula is C19H22N4OS. The number of benzene rings is 1. The van der Waals surface area contributed by atoms with Gasteiger partial charge in [0.2, 0.25) is 5.95 Å². The number of hydrogen-bond acceptors (Lipinski definition) is 6. The molecule has 4 rings (SSSR count). The summed E-state index contributed by atoms with van der Waals surface area (Å²) in [6.45, 7) is 5.78. The van der Waals surface area contributed by atoms with Crippen molar-refractivity contribution >= 4 is 27.4 Å². The summed E-state index contributed by atoms with van der Waals surface area (Å²) in [5, 5.41) is 4.58. The summed E-state index contributed by atoms with van der Waals surface area (Å²) in [6.07, 6.45) is 4.89. The lowest BCUT2D eigenvalue weighted by Crippen LogP contribution is -2.37. The van der Waals surface area contributed by atoms with E-state index in [1.165, 1.54) is 15.0 Å². The summed E-state index contributed by atoms with van der Waals surface area (Å²) in [6, 6.07) is 10.6. The van der Waals surface area contributed by atoms with Crippen LogP contribution in [-0.2, 0) is 4.74 Å². The highest BCUT2D eigenvalue weighted by atomic mass is 32.1. The molecule has 3 heterocycles. The molecule has 0 atom stereocenters. The lowest BCUT2D eigenvalue weighted by molar-refractivity contribution is 0.0378. The third kappa shape index (κ3) is 4.15. The number of nitrogens with one attached hydrogen (secondary N) is 1. The lowest BCUT2D eigenvalue weighted by Gasteiger charge is -2.26. The maximum atomic E-state index is 5.37. The highest BCUT2D eigenvalue weighted by Gasteiger charge is 2.09. The number of ether oxygens (including phenoxy) is 1. The molecule has 1 aliphatic heterocycles. The molecule has 2 aromatic heterocycles. The second kappa shape index (κ2) is 7.91. The Kier molecular flexibility index (Phi) is 5.20. The van der Waals surface area contributed by atoms with Gasteiger partial charge in [0, 0.05) is 47.2 Å². The maximum absolute atomic E-state index is 5.37. The van der Waals surface area contributed by atoms with Crippen molar-refractivity contribution in [3.63, 3.8) is 0 Å². The van der Waals surface area contributed by atoms with Gasteiger partial charge in [-0.2, -0.15) is 0 Å². The SMILES string of the molecule is c1ccc2sc(-c3cnc(NCCCN4CCOCC4)nc3)cc2c1. The zero-order valence-electron chi connectivity index (χ0n) is 14.1. The fourth-order valence-electron chi connectivity index (χ4n) is 3.00. The Hall–Kier alpha value is -2.02. The molecule has 1 saturated heterocycles. The van der Waals surface area contributed by atoms with E-state index in [1.54, 1.807) is 11.3 Å². The molecule has 130 valence electrons. The Labute approximate surface area is 151 Å². The average molecular weight is 354 g/mol. The van der Waals surface area contributed by atoms with Crippen molar-refractivity contribution in [1.82, 2.24) is 14.9 Å². The lowest BCUT2D eigenvalue weighted by atomic mass is 10.2. The van der Waals surface area contributed by atoms with E-state index in [-0.39, 0.29) is 0 Å². The maximum Gasteiger partial charge on any atom is 0.222 e. The first-order valence-electron chi connectivity index (χ1n) is 8.73. The Morgan fingerprint density at radius 3 is 2.72 bits per heavy atom. The molecule has 0 bridgehead atoms. The minimum absolute atomic E-state index is 0.701. The monoisotopic (exact) mass is 354 g/mol. The predicted octanol–water partition coefficient (Wildman–Crippen LogP) is 3.49. The Bertz CT molecular complexity index is 779. The number of anilines is 1. The number of hydrogen-bond donors (Lipinski definition) is 1. The van der Waals surface area contributed by atoms with Crippen LogP contribution in [0.5, 0.6) is 0 Å². The van der Waals surface area contributed by atoms with Crippen LogP contribution in [0.1, 0.15) is 6.42 Å². The van der Waals surface area contributed by atoms with E-state index in [0.717, 1.165) is 51.4 Å². The molecule has 3 aromatic rings. The van der Waals surface area contributed by atoms with Gasteiger partial charge in [0.15, 0.2) is 0 Å². The van der Waals surface area contributed by atoms with Crippen molar-refractivity contribution in [2.24, 2.45) is 0 Å². The van der Waals surface area contributed by atoms with E-state index in [0.29, 0.717) is 5.95 Å². The number of morpholine rings is 1. The quantitative estimate of drug-likeness (QED) is 0.687. The summed E-state index contributed by atoms with van der Waals surface area (Å²) < 4.78 is 6.66. The van der Waals surface area contributed by atoms with Gasteiger partial charge in [0.25, 0.3) is 0 Å². The van der Waals surface area contributed by atoms with Gasteiger partial charge >= 0.3 is 0 Å². The predicted molar refractivity (Wildman–Crippen MR) is 103 cm³/mol. The highest BCUT2D eigenvalue weighted by Crippen LogP contribution is 2.32. The number of aromatic nitrogens is 2. The summed E-state index contributed by atoms with van der Waals surface area (Å²) in [5.41, 5.74) is 1.07. The summed E-state index contributed by atoms with van der Waals surface area (Å²) >= 11 is 1.78. The van der Waals surface area contributed by atoms with Crippen molar-refractivity contribution in [1.29, 1.82) is 0 Å². The first kappa shape index (κ1) is 16.4. The van der Waals surface area contributed by atoms with Crippen molar-refractivity contribution in [3.05, 3.63) is 42.7 Å². The normalized spacial score (nSPS) is 15.5. The Morgan fingerprint density at radius 2 is 1.92 bits per heavy atom. The topological polar surface area (TPSA) is 50.3 Å². The second-order valence-electron chi connectivity index (χ2n) is 6.18. The van der Waals surface area contributed by atoms with Crippen LogP contribution in [0, 0.1) is 0 Å². The van der Waals surface area contributed by atoms with Crippen LogP contribution in [-0.4, -0.2) is 54.3 Å². The van der Waals surface area contributed by atoms with E-state index in [1.807, 2.05) is 12.4 Å². The number of fused-ring (bicyclic) bond motifs is 1. The number of thiophene rings is 1. The van der Waals surface area contributed by atoms with Gasteiger partial charge in [0.05, 0.1) is 13.2 Å². The van der Waals surface area contributed by atoms with Crippen LogP contribution in [0.4, 0.5) is 5.95 Å². The second-order valence-corrected chi connectivity index (χ2v) is 7.26. The number of nitrogens with zero attached hydrogens (tertiary/aromatic N) is 3. The molecule has 0 aliphatic carbocycles. The zero-order valence-corrected chi connectivity index (χ0v) is 15.0. The molecule has 25 heavy (non-hydrogen) atoms. The molecular weight excluding hydrogens is 332 g/mol. The molecule has 0 radical (unpaired) electrons. The van der Waals surface area contributed by atoms with Gasteiger partial charge in [-0.25, -0.2) is 9.97 Å². The molecule has 0 saturated carbocycles. The zero-order chi connectivity index (χ0) is 16.9. The number of rotatable bonds is 6. The van der Waals surface area contributed by atoms with Gasteiger partial charge < -0.3 is 10.1 Å². The highest BCUT2D eigenvalue weighted by molar-refractivity contribution is 7.22. The minimum atomic E-state index is 0.701. The van der Waals surface area contributed by atoms with Crippen molar-refractivity contribution in [2.45, 2.75) is 6.42 Å². The molecule has 1 fully saturated rings. The fourth-order valence-corrected chi connectivity index (χ4v) is 4.04. The average Bonchev–Trinajstić information content (AvgIpc) is 3.11. The van der Waals surface area contributed by atoms with Crippen molar-refractivity contribution < 1.29 is 4.74 Å². The first-order chi connectivity index (χ1) is 12.4. The standard InChI is InChI=1S/C19H22N4OS/c1-2-5-17-15(4-1)12-18(25-17)16-13-21-19(22-14-16)20-6-3-7-23-8-10-24-11-9-23/h1-2,4-5,12-14H,3,6-11H2,(H,20,21,22). The summed E-state index contributed by atoms with van der Waals surface area (Å²) in [5.74, 6) is 0.701.